The Morgan fingerprint density at radius 1 is 1.03 bits per heavy atom. The van der Waals surface area contributed by atoms with Crippen molar-refractivity contribution < 1.29 is 22.4 Å². The Morgan fingerprint density at radius 3 is 2.51 bits per heavy atom. The number of pyridine rings is 2. The van der Waals surface area contributed by atoms with Crippen LogP contribution in [0.25, 0.3) is 22.4 Å². The molecule has 0 unspecified atom stereocenters. The van der Waals surface area contributed by atoms with E-state index in [9.17, 15) is 22.4 Å². The predicted molar refractivity (Wildman–Crippen MR) is 116 cm³/mol. The van der Waals surface area contributed by atoms with E-state index in [2.05, 4.69) is 25.3 Å². The second-order valence-electron chi connectivity index (χ2n) is 7.36. The third-order valence-corrected chi connectivity index (χ3v) is 5.37. The predicted octanol–water partition coefficient (Wildman–Crippen LogP) is 4.63. The third-order valence-electron chi connectivity index (χ3n) is 5.09. The van der Waals surface area contributed by atoms with Gasteiger partial charge in [-0.2, -0.15) is 32.9 Å². The van der Waals surface area contributed by atoms with Gasteiger partial charge in [0.05, 0.1) is 40.4 Å². The van der Waals surface area contributed by atoms with E-state index in [1.54, 1.807) is 0 Å². The van der Waals surface area contributed by atoms with Crippen LogP contribution in [0.15, 0.2) is 61.2 Å². The van der Waals surface area contributed by atoms with E-state index in [0.717, 1.165) is 12.3 Å². The first-order chi connectivity index (χ1) is 16.7. The van der Waals surface area contributed by atoms with Gasteiger partial charge in [0.25, 0.3) is 0 Å². The number of fused-ring (bicyclic) bond motifs is 1. The van der Waals surface area contributed by atoms with Crippen LogP contribution < -0.4 is 0 Å². The van der Waals surface area contributed by atoms with Gasteiger partial charge < -0.3 is 0 Å². The molecule has 8 nitrogen and oxygen atoms in total. The summed E-state index contributed by atoms with van der Waals surface area (Å²) in [6.07, 6.45) is -0.301. The SMILES string of the molecule is O=C(Cc1cnc(-n2nccn2)c(Cl)c1)c1cnn(-c2cccc3nc(F)ccc23)c1C(F)(F)F. The van der Waals surface area contributed by atoms with Gasteiger partial charge in [0.15, 0.2) is 17.3 Å². The molecule has 0 aliphatic rings. The van der Waals surface area contributed by atoms with E-state index in [1.165, 1.54) is 53.7 Å². The van der Waals surface area contributed by atoms with Crippen molar-refractivity contribution in [2.75, 3.05) is 0 Å². The summed E-state index contributed by atoms with van der Waals surface area (Å²) in [6.45, 7) is 0. The largest absolute Gasteiger partial charge is 0.434 e. The van der Waals surface area contributed by atoms with Crippen LogP contribution in [0.5, 0.6) is 0 Å². The summed E-state index contributed by atoms with van der Waals surface area (Å²) < 4.78 is 56.5. The molecule has 0 fully saturated rings. The van der Waals surface area contributed by atoms with E-state index in [-0.39, 0.29) is 27.4 Å². The van der Waals surface area contributed by atoms with Crippen LogP contribution >= 0.6 is 11.6 Å². The highest BCUT2D eigenvalue weighted by atomic mass is 35.5. The Morgan fingerprint density at radius 2 is 1.80 bits per heavy atom. The lowest BCUT2D eigenvalue weighted by Gasteiger charge is -2.14. The molecule has 35 heavy (non-hydrogen) atoms. The topological polar surface area (TPSA) is 91.4 Å². The average molecular weight is 502 g/mol. The normalized spacial score (nSPS) is 11.8. The zero-order valence-electron chi connectivity index (χ0n) is 17.4. The van der Waals surface area contributed by atoms with Gasteiger partial charge in [-0.05, 0) is 35.9 Å². The Bertz CT molecular complexity index is 1560. The number of alkyl halides is 3. The minimum atomic E-state index is -4.91. The average Bonchev–Trinajstić information content (AvgIpc) is 3.49. The molecule has 0 aliphatic heterocycles. The van der Waals surface area contributed by atoms with Gasteiger partial charge in [-0.15, -0.1) is 4.80 Å². The summed E-state index contributed by atoms with van der Waals surface area (Å²) in [6, 6.07) is 8.02. The molecule has 0 saturated heterocycles. The van der Waals surface area contributed by atoms with Crippen molar-refractivity contribution in [2.24, 2.45) is 0 Å². The molecule has 1 aromatic carbocycles. The van der Waals surface area contributed by atoms with Crippen molar-refractivity contribution in [1.82, 2.24) is 34.7 Å². The second kappa shape index (κ2) is 8.55. The minimum Gasteiger partial charge on any atom is -0.294 e. The molecule has 0 bridgehead atoms. The maximum Gasteiger partial charge on any atom is 0.434 e. The van der Waals surface area contributed by atoms with Crippen molar-refractivity contribution in [3.8, 4) is 11.5 Å². The molecular formula is C22H12ClF4N7O. The lowest BCUT2D eigenvalue weighted by Crippen LogP contribution is -2.18. The monoisotopic (exact) mass is 501 g/mol. The molecule has 4 aromatic heterocycles. The van der Waals surface area contributed by atoms with Crippen LogP contribution in [-0.4, -0.2) is 40.5 Å². The fraction of sp³-hybridized carbons (Fsp3) is 0.0909. The second-order valence-corrected chi connectivity index (χ2v) is 7.77. The number of aromatic nitrogens is 7. The smallest absolute Gasteiger partial charge is 0.294 e. The fourth-order valence-corrected chi connectivity index (χ4v) is 3.89. The molecule has 0 atom stereocenters. The molecule has 5 aromatic rings. The number of rotatable bonds is 5. The van der Waals surface area contributed by atoms with Crippen LogP contribution in [0.4, 0.5) is 17.6 Å². The van der Waals surface area contributed by atoms with Crippen LogP contribution in [0.1, 0.15) is 21.6 Å². The Labute approximate surface area is 198 Å². The number of Topliss-reactive ketones (excluding diaryl/α,β-unsaturated/α-hetero) is 1. The van der Waals surface area contributed by atoms with E-state index in [4.69, 9.17) is 11.6 Å². The van der Waals surface area contributed by atoms with Crippen LogP contribution in [-0.2, 0) is 12.6 Å². The van der Waals surface area contributed by atoms with Gasteiger partial charge in [-0.1, -0.05) is 17.7 Å². The van der Waals surface area contributed by atoms with Gasteiger partial charge in [0.2, 0.25) is 5.95 Å². The number of benzene rings is 1. The first-order valence-electron chi connectivity index (χ1n) is 9.97. The summed E-state index contributed by atoms with van der Waals surface area (Å²) in [5, 5.41) is 12.0. The molecule has 0 saturated carbocycles. The van der Waals surface area contributed by atoms with Crippen LogP contribution in [0.2, 0.25) is 5.02 Å². The molecule has 13 heteroatoms. The van der Waals surface area contributed by atoms with Gasteiger partial charge >= 0.3 is 6.18 Å². The number of carbonyl (C=O) groups is 1. The maximum absolute atomic E-state index is 14.1. The molecule has 5 rings (SSSR count). The summed E-state index contributed by atoms with van der Waals surface area (Å²) in [5.74, 6) is -1.41. The van der Waals surface area contributed by atoms with Gasteiger partial charge in [-0.25, -0.2) is 14.6 Å². The molecule has 0 aliphatic carbocycles. The summed E-state index contributed by atoms with van der Waals surface area (Å²) in [5.41, 5.74) is -1.44. The highest BCUT2D eigenvalue weighted by Crippen LogP contribution is 2.35. The Balaban J connectivity index is 1.53. The van der Waals surface area contributed by atoms with E-state index in [0.29, 0.717) is 10.2 Å². The molecule has 0 radical (unpaired) electrons. The lowest BCUT2D eigenvalue weighted by molar-refractivity contribution is -0.143. The van der Waals surface area contributed by atoms with Gasteiger partial charge in [-0.3, -0.25) is 4.79 Å². The molecule has 4 heterocycles. The number of hydrogen-bond donors (Lipinski definition) is 0. The molecule has 0 amide bonds. The first kappa shape index (κ1) is 22.6. The van der Waals surface area contributed by atoms with Crippen molar-refractivity contribution in [3.05, 3.63) is 89.0 Å². The first-order valence-corrected chi connectivity index (χ1v) is 10.4. The van der Waals surface area contributed by atoms with Crippen LogP contribution in [0, 0.1) is 5.95 Å². The van der Waals surface area contributed by atoms with Crippen molar-refractivity contribution in [2.45, 2.75) is 12.6 Å². The standard InChI is InChI=1S/C22H12ClF4N7O/c23-15-8-12(10-28-21(15)34-29-6-7-30-34)9-18(35)14-11-31-33(20(14)22(25,26)27)17-3-1-2-16-13(17)4-5-19(24)32-16/h1-8,10-11H,9H2. The van der Waals surface area contributed by atoms with Gasteiger partial charge in [0, 0.05) is 18.0 Å². The minimum absolute atomic E-state index is 0.00200. The summed E-state index contributed by atoms with van der Waals surface area (Å²) >= 11 is 6.20. The maximum atomic E-state index is 14.1. The van der Waals surface area contributed by atoms with Crippen LogP contribution in [0.3, 0.4) is 0 Å². The van der Waals surface area contributed by atoms with E-state index in [1.807, 2.05) is 0 Å². The lowest BCUT2D eigenvalue weighted by atomic mass is 10.0. The molecule has 0 spiro atoms. The summed E-state index contributed by atoms with van der Waals surface area (Å²) in [4.78, 5) is 21.9. The zero-order chi connectivity index (χ0) is 24.7. The highest BCUT2D eigenvalue weighted by Gasteiger charge is 2.40. The number of halogens is 5. The Kier molecular flexibility index (Phi) is 5.52. The fourth-order valence-electron chi connectivity index (χ4n) is 3.63. The van der Waals surface area contributed by atoms with E-state index >= 15 is 0 Å². The zero-order valence-corrected chi connectivity index (χ0v) is 18.2. The van der Waals surface area contributed by atoms with Crippen molar-refractivity contribution >= 4 is 28.3 Å². The highest BCUT2D eigenvalue weighted by molar-refractivity contribution is 6.32. The van der Waals surface area contributed by atoms with Gasteiger partial charge in [0.1, 0.15) is 0 Å². The Hall–Kier alpha value is -4.19. The number of ketones is 1. The number of carbonyl (C=O) groups excluding carboxylic acids is 1. The molecule has 176 valence electrons. The molecule has 0 N–H and O–H groups in total. The van der Waals surface area contributed by atoms with E-state index < -0.39 is 35.6 Å². The number of hydrogen-bond acceptors (Lipinski definition) is 6. The third kappa shape index (κ3) is 4.23. The summed E-state index contributed by atoms with van der Waals surface area (Å²) in [7, 11) is 0. The molecular weight excluding hydrogens is 490 g/mol. The number of nitrogens with zero attached hydrogens (tertiary/aromatic N) is 7. The quantitative estimate of drug-likeness (QED) is 0.198. The van der Waals surface area contributed by atoms with Crippen molar-refractivity contribution in [1.29, 1.82) is 0 Å². The van der Waals surface area contributed by atoms with Crippen molar-refractivity contribution in [3.63, 3.8) is 0 Å².